The Morgan fingerprint density at radius 2 is 2.20 bits per heavy atom. The minimum atomic E-state index is -0.540. The average molecular weight is 342 g/mol. The van der Waals surface area contributed by atoms with Gasteiger partial charge in [0.25, 0.3) is 0 Å². The minimum Gasteiger partial charge on any atom is -0.490 e. The van der Waals surface area contributed by atoms with Crippen molar-refractivity contribution in [3.05, 3.63) is 23.8 Å². The fourth-order valence-corrected chi connectivity index (χ4v) is 2.53. The van der Waals surface area contributed by atoms with Gasteiger partial charge in [0.05, 0.1) is 17.7 Å². The second-order valence-corrected chi connectivity index (χ2v) is 6.12. The van der Waals surface area contributed by atoms with Crippen LogP contribution in [0.15, 0.2) is 18.2 Å². The number of methoxy groups -OCH3 is 1. The average Bonchev–Trinajstić information content (AvgIpc) is 2.53. The Labute approximate surface area is 128 Å². The van der Waals surface area contributed by atoms with Crippen molar-refractivity contribution < 1.29 is 14.3 Å². The van der Waals surface area contributed by atoms with Crippen molar-refractivity contribution in [2.24, 2.45) is 5.41 Å². The Hall–Kier alpha value is -1.07. The first-order valence-corrected chi connectivity index (χ1v) is 7.74. The Morgan fingerprint density at radius 1 is 1.45 bits per heavy atom. The normalized spacial score (nSPS) is 17.4. The van der Waals surface area contributed by atoms with Gasteiger partial charge in [0.1, 0.15) is 12.4 Å². The molecule has 1 aliphatic heterocycles. The second kappa shape index (κ2) is 6.14. The largest absolute Gasteiger partial charge is 0.490 e. The van der Waals surface area contributed by atoms with E-state index in [1.54, 1.807) is 12.0 Å². The number of rotatable bonds is 4. The number of carbonyl (C=O) groups is 1. The molecular formula is C15H20BrNO3. The number of hydrogen-bond acceptors (Lipinski definition) is 3. The molecule has 110 valence electrons. The molecule has 0 atom stereocenters. The van der Waals surface area contributed by atoms with Crippen LogP contribution in [0.25, 0.3) is 0 Å². The molecule has 1 aromatic rings. The number of fused-ring (bicyclic) bond motifs is 1. The van der Waals surface area contributed by atoms with Gasteiger partial charge in [-0.1, -0.05) is 22.0 Å². The van der Waals surface area contributed by atoms with Crippen molar-refractivity contribution in [2.45, 2.75) is 19.2 Å². The van der Waals surface area contributed by atoms with Crippen molar-refractivity contribution in [2.75, 3.05) is 31.8 Å². The highest BCUT2D eigenvalue weighted by Crippen LogP contribution is 2.37. The lowest BCUT2D eigenvalue weighted by Crippen LogP contribution is -2.43. The van der Waals surface area contributed by atoms with Crippen LogP contribution in [0.3, 0.4) is 0 Å². The van der Waals surface area contributed by atoms with Crippen LogP contribution in [0.1, 0.15) is 19.4 Å². The van der Waals surface area contributed by atoms with Crippen molar-refractivity contribution in [1.82, 2.24) is 0 Å². The van der Waals surface area contributed by atoms with Crippen LogP contribution in [-0.4, -0.2) is 32.8 Å². The zero-order valence-electron chi connectivity index (χ0n) is 12.1. The molecule has 0 fully saturated rings. The first-order valence-electron chi connectivity index (χ1n) is 6.62. The summed E-state index contributed by atoms with van der Waals surface area (Å²) in [5, 5.41) is 0.763. The lowest BCUT2D eigenvalue weighted by atomic mass is 9.93. The first-order chi connectivity index (χ1) is 9.49. The summed E-state index contributed by atoms with van der Waals surface area (Å²) in [5.41, 5.74) is 1.41. The van der Waals surface area contributed by atoms with E-state index in [1.165, 1.54) is 0 Å². The molecule has 0 unspecified atom stereocenters. The molecule has 0 N–H and O–H groups in total. The molecule has 0 saturated heterocycles. The fraction of sp³-hybridized carbons (Fsp3) is 0.533. The third-order valence-electron chi connectivity index (χ3n) is 3.40. The van der Waals surface area contributed by atoms with Gasteiger partial charge in [0, 0.05) is 19.0 Å². The summed E-state index contributed by atoms with van der Waals surface area (Å²) < 4.78 is 11.0. The Morgan fingerprint density at radius 3 is 2.85 bits per heavy atom. The van der Waals surface area contributed by atoms with E-state index in [0.29, 0.717) is 19.8 Å². The van der Waals surface area contributed by atoms with Gasteiger partial charge in [0.2, 0.25) is 5.91 Å². The lowest BCUT2D eigenvalue weighted by Gasteiger charge is -2.27. The molecule has 0 aliphatic carbocycles. The van der Waals surface area contributed by atoms with Gasteiger partial charge in [-0.05, 0) is 31.5 Å². The molecule has 1 aromatic carbocycles. The van der Waals surface area contributed by atoms with Gasteiger partial charge in [-0.15, -0.1) is 0 Å². The highest BCUT2D eigenvalue weighted by Gasteiger charge is 2.37. The van der Waals surface area contributed by atoms with Crippen molar-refractivity contribution >= 4 is 27.5 Å². The summed E-state index contributed by atoms with van der Waals surface area (Å²) in [6.45, 7) is 5.23. The topological polar surface area (TPSA) is 38.8 Å². The van der Waals surface area contributed by atoms with Crippen LogP contribution in [0.4, 0.5) is 5.69 Å². The van der Waals surface area contributed by atoms with Crippen molar-refractivity contribution in [3.63, 3.8) is 0 Å². The molecule has 0 aromatic heterocycles. The summed E-state index contributed by atoms with van der Waals surface area (Å²) in [4.78, 5) is 14.4. The minimum absolute atomic E-state index is 0.0693. The summed E-state index contributed by atoms with van der Waals surface area (Å²) >= 11 is 3.44. The van der Waals surface area contributed by atoms with E-state index in [0.717, 1.165) is 22.3 Å². The maximum absolute atomic E-state index is 12.7. The smallest absolute Gasteiger partial charge is 0.236 e. The van der Waals surface area contributed by atoms with Gasteiger partial charge in [-0.3, -0.25) is 4.79 Å². The monoisotopic (exact) mass is 341 g/mol. The summed E-state index contributed by atoms with van der Waals surface area (Å²) in [7, 11) is 1.64. The molecule has 1 aliphatic rings. The van der Waals surface area contributed by atoms with E-state index >= 15 is 0 Å². The lowest BCUT2D eigenvalue weighted by molar-refractivity contribution is -0.127. The van der Waals surface area contributed by atoms with Gasteiger partial charge < -0.3 is 14.4 Å². The quantitative estimate of drug-likeness (QED) is 0.790. The number of benzene rings is 1. The molecule has 0 bridgehead atoms. The van der Waals surface area contributed by atoms with E-state index < -0.39 is 5.41 Å². The van der Waals surface area contributed by atoms with Gasteiger partial charge >= 0.3 is 0 Å². The fourth-order valence-electron chi connectivity index (χ4n) is 2.18. The molecular weight excluding hydrogens is 322 g/mol. The molecule has 4 nitrogen and oxygen atoms in total. The van der Waals surface area contributed by atoms with Gasteiger partial charge in [0.15, 0.2) is 0 Å². The summed E-state index contributed by atoms with van der Waals surface area (Å²) in [6, 6.07) is 5.93. The molecule has 5 heteroatoms. The zero-order chi connectivity index (χ0) is 14.8. The number of carbonyl (C=O) groups excluding carboxylic acids is 1. The van der Waals surface area contributed by atoms with Crippen molar-refractivity contribution in [3.8, 4) is 5.75 Å². The number of halogens is 1. The number of amides is 1. The summed E-state index contributed by atoms with van der Waals surface area (Å²) in [6.07, 6.45) is 0. The first kappa shape index (κ1) is 15.3. The van der Waals surface area contributed by atoms with Crippen LogP contribution < -0.4 is 9.64 Å². The highest BCUT2D eigenvalue weighted by atomic mass is 79.9. The zero-order valence-corrected chi connectivity index (χ0v) is 13.7. The molecule has 0 radical (unpaired) electrons. The van der Waals surface area contributed by atoms with Crippen LogP contribution in [0, 0.1) is 5.41 Å². The van der Waals surface area contributed by atoms with Crippen LogP contribution >= 0.6 is 15.9 Å². The number of hydrogen-bond donors (Lipinski definition) is 0. The molecule has 2 rings (SSSR count). The van der Waals surface area contributed by atoms with Crippen LogP contribution in [-0.2, 0) is 14.9 Å². The van der Waals surface area contributed by atoms with E-state index in [-0.39, 0.29) is 5.91 Å². The number of anilines is 1. The van der Waals surface area contributed by atoms with E-state index in [2.05, 4.69) is 15.9 Å². The highest BCUT2D eigenvalue weighted by molar-refractivity contribution is 9.08. The predicted octanol–water partition coefficient (Wildman–Crippen LogP) is 2.98. The third kappa shape index (κ3) is 2.99. The van der Waals surface area contributed by atoms with Crippen LogP contribution in [0.5, 0.6) is 5.75 Å². The molecule has 0 spiro atoms. The van der Waals surface area contributed by atoms with E-state index in [9.17, 15) is 4.79 Å². The van der Waals surface area contributed by atoms with E-state index in [1.807, 2.05) is 32.0 Å². The summed E-state index contributed by atoms with van der Waals surface area (Å²) in [5.74, 6) is 0.830. The maximum Gasteiger partial charge on any atom is 0.236 e. The molecule has 1 amide bonds. The maximum atomic E-state index is 12.7. The number of nitrogens with zero attached hydrogens (tertiary/aromatic N) is 1. The van der Waals surface area contributed by atoms with Gasteiger partial charge in [-0.2, -0.15) is 0 Å². The number of ether oxygens (including phenoxy) is 2. The third-order valence-corrected chi connectivity index (χ3v) is 4.05. The predicted molar refractivity (Wildman–Crippen MR) is 82.6 cm³/mol. The number of alkyl halides is 1. The second-order valence-electron chi connectivity index (χ2n) is 5.56. The van der Waals surface area contributed by atoms with Gasteiger partial charge in [-0.25, -0.2) is 0 Å². The van der Waals surface area contributed by atoms with Crippen LogP contribution in [0.2, 0.25) is 0 Å². The molecule has 0 saturated carbocycles. The van der Waals surface area contributed by atoms with Crippen molar-refractivity contribution in [1.29, 1.82) is 0 Å². The molecule has 20 heavy (non-hydrogen) atoms. The Bertz CT molecular complexity index is 502. The SMILES string of the molecule is COCCN1C(=O)C(C)(C)COc2cc(CBr)ccc21. The Balaban J connectivity index is 2.42. The Kier molecular flexibility index (Phi) is 4.70. The molecule has 1 heterocycles. The van der Waals surface area contributed by atoms with E-state index in [4.69, 9.17) is 9.47 Å². The standard InChI is InChI=1S/C15H20BrNO3/c1-15(2)10-20-13-8-11(9-16)4-5-12(13)17(14(15)18)6-7-19-3/h4-5,8H,6-7,9-10H2,1-3H3.